The lowest BCUT2D eigenvalue weighted by Crippen LogP contribution is -2.49. The summed E-state index contributed by atoms with van der Waals surface area (Å²) in [4.78, 5) is 18.2. The average Bonchev–Trinajstić information content (AvgIpc) is 3.06. The maximum Gasteiger partial charge on any atom is 0.244 e. The van der Waals surface area contributed by atoms with E-state index < -0.39 is 10.0 Å². The van der Waals surface area contributed by atoms with Gasteiger partial charge in [-0.2, -0.15) is 4.31 Å². The molecule has 0 spiro atoms. The number of piperazine rings is 1. The van der Waals surface area contributed by atoms with Crippen molar-refractivity contribution in [3.63, 3.8) is 0 Å². The number of H-pyrrole nitrogens is 1. The molecule has 1 aliphatic heterocycles. The highest BCUT2D eigenvalue weighted by Crippen LogP contribution is 2.28. The van der Waals surface area contributed by atoms with Gasteiger partial charge in [0.25, 0.3) is 0 Å². The maximum absolute atomic E-state index is 13.0. The SMILES string of the molecule is Cc1[nH]c2ccccc2c1C(=O)CN1CCN(S(=O)(=O)c2cc(Cl)ccc2Cl)CC1. The number of ketones is 1. The minimum Gasteiger partial charge on any atom is -0.358 e. The van der Waals surface area contributed by atoms with Gasteiger partial charge in [-0.15, -0.1) is 0 Å². The van der Waals surface area contributed by atoms with Crippen LogP contribution in [0.15, 0.2) is 47.4 Å². The molecule has 0 unspecified atom stereocenters. The van der Waals surface area contributed by atoms with E-state index in [-0.39, 0.29) is 35.3 Å². The van der Waals surface area contributed by atoms with Gasteiger partial charge in [-0.25, -0.2) is 8.42 Å². The Morgan fingerprint density at radius 3 is 2.50 bits per heavy atom. The van der Waals surface area contributed by atoms with Crippen molar-refractivity contribution in [1.82, 2.24) is 14.2 Å². The number of para-hydroxylation sites is 1. The van der Waals surface area contributed by atoms with E-state index in [0.717, 1.165) is 16.6 Å². The predicted octanol–water partition coefficient (Wildman–Crippen LogP) is 3.97. The average molecular weight is 466 g/mol. The van der Waals surface area contributed by atoms with Crippen molar-refractivity contribution in [2.45, 2.75) is 11.8 Å². The van der Waals surface area contributed by atoms with E-state index in [1.54, 1.807) is 6.07 Å². The summed E-state index contributed by atoms with van der Waals surface area (Å²) in [5.74, 6) is 0.0270. The van der Waals surface area contributed by atoms with Gasteiger partial charge >= 0.3 is 0 Å². The molecule has 1 aliphatic rings. The van der Waals surface area contributed by atoms with Gasteiger partial charge in [-0.3, -0.25) is 9.69 Å². The van der Waals surface area contributed by atoms with Crippen LogP contribution in [0.4, 0.5) is 0 Å². The quantitative estimate of drug-likeness (QED) is 0.578. The zero-order chi connectivity index (χ0) is 21.5. The van der Waals surface area contributed by atoms with Gasteiger partial charge in [0, 0.05) is 53.4 Å². The molecule has 4 rings (SSSR count). The Balaban J connectivity index is 1.45. The molecule has 158 valence electrons. The highest BCUT2D eigenvalue weighted by Gasteiger charge is 2.31. The number of fused-ring (bicyclic) bond motifs is 1. The molecule has 2 aromatic carbocycles. The molecule has 0 atom stereocenters. The van der Waals surface area contributed by atoms with Crippen LogP contribution >= 0.6 is 23.2 Å². The third-order valence-corrected chi connectivity index (χ3v) is 8.00. The molecule has 0 bridgehead atoms. The van der Waals surface area contributed by atoms with Crippen LogP contribution in [-0.4, -0.2) is 61.1 Å². The summed E-state index contributed by atoms with van der Waals surface area (Å²) in [7, 11) is -3.75. The molecule has 2 heterocycles. The van der Waals surface area contributed by atoms with Crippen LogP contribution in [0, 0.1) is 6.92 Å². The van der Waals surface area contributed by atoms with Crippen LogP contribution in [-0.2, 0) is 10.0 Å². The Morgan fingerprint density at radius 2 is 1.77 bits per heavy atom. The molecular formula is C21H21Cl2N3O3S. The van der Waals surface area contributed by atoms with Crippen LogP contribution in [0.5, 0.6) is 0 Å². The summed E-state index contributed by atoms with van der Waals surface area (Å²) >= 11 is 12.0. The highest BCUT2D eigenvalue weighted by atomic mass is 35.5. The fraction of sp³-hybridized carbons (Fsp3) is 0.286. The second-order valence-corrected chi connectivity index (χ2v) is 10.1. The highest BCUT2D eigenvalue weighted by molar-refractivity contribution is 7.89. The number of carbonyl (C=O) groups is 1. The van der Waals surface area contributed by atoms with Crippen LogP contribution in [0.2, 0.25) is 10.0 Å². The topological polar surface area (TPSA) is 73.5 Å². The van der Waals surface area contributed by atoms with Crippen molar-refractivity contribution in [2.24, 2.45) is 0 Å². The van der Waals surface area contributed by atoms with E-state index in [0.29, 0.717) is 23.7 Å². The van der Waals surface area contributed by atoms with Crippen molar-refractivity contribution in [3.05, 3.63) is 63.8 Å². The Bertz CT molecular complexity index is 1220. The lowest BCUT2D eigenvalue weighted by atomic mass is 10.1. The van der Waals surface area contributed by atoms with Crippen molar-refractivity contribution < 1.29 is 13.2 Å². The Kier molecular flexibility index (Phi) is 5.92. The third kappa shape index (κ3) is 4.00. The summed E-state index contributed by atoms with van der Waals surface area (Å²) in [5.41, 5.74) is 2.48. The van der Waals surface area contributed by atoms with E-state index in [9.17, 15) is 13.2 Å². The first-order valence-electron chi connectivity index (χ1n) is 9.55. The largest absolute Gasteiger partial charge is 0.358 e. The fourth-order valence-electron chi connectivity index (χ4n) is 3.86. The Hall–Kier alpha value is -1.90. The van der Waals surface area contributed by atoms with Crippen LogP contribution in [0.3, 0.4) is 0 Å². The fourth-order valence-corrected chi connectivity index (χ4v) is 6.02. The van der Waals surface area contributed by atoms with Gasteiger partial charge in [0.2, 0.25) is 10.0 Å². The van der Waals surface area contributed by atoms with E-state index in [1.807, 2.05) is 36.1 Å². The lowest BCUT2D eigenvalue weighted by Gasteiger charge is -2.33. The second-order valence-electron chi connectivity index (χ2n) is 7.35. The number of nitrogens with zero attached hydrogens (tertiary/aromatic N) is 2. The summed E-state index contributed by atoms with van der Waals surface area (Å²) in [6.07, 6.45) is 0. The van der Waals surface area contributed by atoms with E-state index >= 15 is 0 Å². The minimum atomic E-state index is -3.75. The molecule has 0 aliphatic carbocycles. The van der Waals surface area contributed by atoms with Crippen molar-refractivity contribution in [1.29, 1.82) is 0 Å². The van der Waals surface area contributed by atoms with Crippen LogP contribution in [0.1, 0.15) is 16.1 Å². The molecule has 30 heavy (non-hydrogen) atoms. The van der Waals surface area contributed by atoms with Gasteiger partial charge in [0.05, 0.1) is 11.6 Å². The number of nitrogens with one attached hydrogen (secondary N) is 1. The molecule has 0 radical (unpaired) electrons. The summed E-state index contributed by atoms with van der Waals surface area (Å²) in [6, 6.07) is 12.1. The van der Waals surface area contributed by atoms with E-state index in [1.165, 1.54) is 16.4 Å². The number of sulfonamides is 1. The first kappa shape index (κ1) is 21.3. The van der Waals surface area contributed by atoms with Crippen molar-refractivity contribution in [3.8, 4) is 0 Å². The molecule has 1 N–H and O–H groups in total. The molecule has 6 nitrogen and oxygen atoms in total. The predicted molar refractivity (Wildman–Crippen MR) is 119 cm³/mol. The zero-order valence-corrected chi connectivity index (χ0v) is 18.7. The first-order chi connectivity index (χ1) is 14.3. The minimum absolute atomic E-state index is 0.00982. The van der Waals surface area contributed by atoms with Crippen molar-refractivity contribution >= 4 is 49.9 Å². The number of rotatable bonds is 5. The zero-order valence-electron chi connectivity index (χ0n) is 16.4. The number of carbonyl (C=O) groups excluding carboxylic acids is 1. The van der Waals surface area contributed by atoms with Gasteiger partial charge < -0.3 is 4.98 Å². The molecule has 1 aromatic heterocycles. The Labute approximate surface area is 185 Å². The number of aromatic nitrogens is 1. The standard InChI is InChI=1S/C21H21Cl2N3O3S/c1-14-21(16-4-2-3-5-18(16)24-14)19(27)13-25-8-10-26(11-9-25)30(28,29)20-12-15(22)6-7-17(20)23/h2-7,12,24H,8-11,13H2,1H3. The number of aryl methyl sites for hydroxylation is 1. The number of Topliss-reactive ketones (excluding diaryl/α,β-unsaturated/α-hetero) is 1. The molecular weight excluding hydrogens is 445 g/mol. The van der Waals surface area contributed by atoms with Gasteiger partial charge in [-0.1, -0.05) is 41.4 Å². The Morgan fingerprint density at radius 1 is 1.07 bits per heavy atom. The van der Waals surface area contributed by atoms with Gasteiger partial charge in [0.1, 0.15) is 4.90 Å². The van der Waals surface area contributed by atoms with Crippen LogP contribution in [0.25, 0.3) is 10.9 Å². The van der Waals surface area contributed by atoms with Gasteiger partial charge in [-0.05, 0) is 31.2 Å². The van der Waals surface area contributed by atoms with Gasteiger partial charge in [0.15, 0.2) is 5.78 Å². The maximum atomic E-state index is 13.0. The summed E-state index contributed by atoms with van der Waals surface area (Å²) < 4.78 is 27.3. The van der Waals surface area contributed by atoms with E-state index in [2.05, 4.69) is 4.98 Å². The van der Waals surface area contributed by atoms with E-state index in [4.69, 9.17) is 23.2 Å². The normalized spacial score (nSPS) is 16.2. The first-order valence-corrected chi connectivity index (χ1v) is 11.7. The number of aromatic amines is 1. The summed E-state index contributed by atoms with van der Waals surface area (Å²) in [5, 5.41) is 1.37. The molecule has 9 heteroatoms. The molecule has 0 amide bonds. The molecule has 1 saturated heterocycles. The smallest absolute Gasteiger partial charge is 0.244 e. The number of hydrogen-bond donors (Lipinski definition) is 1. The molecule has 3 aromatic rings. The third-order valence-electron chi connectivity index (χ3n) is 5.38. The number of halogens is 2. The van der Waals surface area contributed by atoms with Crippen LogP contribution < -0.4 is 0 Å². The molecule has 0 saturated carbocycles. The molecule has 1 fully saturated rings. The lowest BCUT2D eigenvalue weighted by molar-refractivity contribution is 0.0903. The second kappa shape index (κ2) is 8.32. The summed E-state index contributed by atoms with van der Waals surface area (Å²) in [6.45, 7) is 3.63. The number of benzene rings is 2. The van der Waals surface area contributed by atoms with Crippen molar-refractivity contribution in [2.75, 3.05) is 32.7 Å². The monoisotopic (exact) mass is 465 g/mol. The number of hydrogen-bond acceptors (Lipinski definition) is 4.